The predicted molar refractivity (Wildman–Crippen MR) is 46.2 cm³/mol. The molecular formula is C10H19F. The van der Waals surface area contributed by atoms with Gasteiger partial charge in [0.1, 0.15) is 6.17 Å². The van der Waals surface area contributed by atoms with Crippen molar-refractivity contribution in [3.63, 3.8) is 0 Å². The molecule has 4 atom stereocenters. The SMILES string of the molecule is CCC1CCC(C)C(F)C1C. The van der Waals surface area contributed by atoms with Gasteiger partial charge in [0.15, 0.2) is 0 Å². The van der Waals surface area contributed by atoms with Crippen LogP contribution in [-0.4, -0.2) is 6.17 Å². The molecular weight excluding hydrogens is 139 g/mol. The van der Waals surface area contributed by atoms with Crippen molar-refractivity contribution in [1.82, 2.24) is 0 Å². The van der Waals surface area contributed by atoms with Gasteiger partial charge in [-0.1, -0.05) is 27.2 Å². The van der Waals surface area contributed by atoms with Gasteiger partial charge in [-0.15, -0.1) is 0 Å². The van der Waals surface area contributed by atoms with Gasteiger partial charge in [-0.3, -0.25) is 0 Å². The Labute approximate surface area is 69.2 Å². The van der Waals surface area contributed by atoms with Crippen LogP contribution in [0.15, 0.2) is 0 Å². The zero-order valence-corrected chi connectivity index (χ0v) is 7.81. The molecule has 4 unspecified atom stereocenters. The standard InChI is InChI=1S/C10H19F/c1-4-9-6-5-7(2)10(11)8(9)3/h7-10H,4-6H2,1-3H3. The molecule has 0 aliphatic heterocycles. The van der Waals surface area contributed by atoms with Crippen LogP contribution < -0.4 is 0 Å². The lowest BCUT2D eigenvalue weighted by Crippen LogP contribution is -2.32. The first kappa shape index (κ1) is 9.02. The minimum absolute atomic E-state index is 0.295. The van der Waals surface area contributed by atoms with Crippen LogP contribution in [0.3, 0.4) is 0 Å². The second kappa shape index (κ2) is 3.55. The smallest absolute Gasteiger partial charge is 0.105 e. The van der Waals surface area contributed by atoms with Gasteiger partial charge in [0.2, 0.25) is 0 Å². The third-order valence-electron chi connectivity index (χ3n) is 3.31. The van der Waals surface area contributed by atoms with Gasteiger partial charge in [-0.2, -0.15) is 0 Å². The van der Waals surface area contributed by atoms with Crippen molar-refractivity contribution in [2.24, 2.45) is 17.8 Å². The maximum absolute atomic E-state index is 13.4. The largest absolute Gasteiger partial charge is 0.247 e. The van der Waals surface area contributed by atoms with E-state index in [0.29, 0.717) is 17.8 Å². The summed E-state index contributed by atoms with van der Waals surface area (Å²) in [7, 11) is 0. The van der Waals surface area contributed by atoms with Gasteiger partial charge in [-0.05, 0) is 30.6 Å². The van der Waals surface area contributed by atoms with Crippen molar-refractivity contribution in [2.75, 3.05) is 0 Å². The molecule has 1 heteroatoms. The van der Waals surface area contributed by atoms with Crippen molar-refractivity contribution in [1.29, 1.82) is 0 Å². The summed E-state index contributed by atoms with van der Waals surface area (Å²) in [5, 5.41) is 0. The summed E-state index contributed by atoms with van der Waals surface area (Å²) in [5.74, 6) is 1.23. The molecule has 1 rings (SSSR count). The lowest BCUT2D eigenvalue weighted by Gasteiger charge is -2.35. The van der Waals surface area contributed by atoms with E-state index in [1.807, 2.05) is 6.92 Å². The summed E-state index contributed by atoms with van der Waals surface area (Å²) >= 11 is 0. The summed E-state index contributed by atoms with van der Waals surface area (Å²) in [6.07, 6.45) is 2.92. The molecule has 0 saturated heterocycles. The van der Waals surface area contributed by atoms with E-state index in [1.165, 1.54) is 6.42 Å². The fourth-order valence-electron chi connectivity index (χ4n) is 2.25. The molecule has 0 spiro atoms. The monoisotopic (exact) mass is 158 g/mol. The molecule has 0 N–H and O–H groups in total. The van der Waals surface area contributed by atoms with E-state index in [9.17, 15) is 4.39 Å². The molecule has 0 aromatic heterocycles. The highest BCUT2D eigenvalue weighted by molar-refractivity contribution is 4.82. The minimum Gasteiger partial charge on any atom is -0.247 e. The molecule has 1 fully saturated rings. The number of alkyl halides is 1. The molecule has 1 aliphatic carbocycles. The predicted octanol–water partition coefficient (Wildman–Crippen LogP) is 3.42. The van der Waals surface area contributed by atoms with Crippen molar-refractivity contribution in [2.45, 2.75) is 46.2 Å². The van der Waals surface area contributed by atoms with Crippen LogP contribution in [0.4, 0.5) is 4.39 Å². The summed E-state index contributed by atoms with van der Waals surface area (Å²) in [6, 6.07) is 0. The highest BCUT2D eigenvalue weighted by Gasteiger charge is 2.33. The zero-order chi connectivity index (χ0) is 8.43. The highest BCUT2D eigenvalue weighted by atomic mass is 19.1. The van der Waals surface area contributed by atoms with Crippen LogP contribution >= 0.6 is 0 Å². The lowest BCUT2D eigenvalue weighted by atomic mass is 9.73. The Balaban J connectivity index is 2.52. The van der Waals surface area contributed by atoms with Gasteiger partial charge in [0.05, 0.1) is 0 Å². The summed E-state index contributed by atoms with van der Waals surface area (Å²) in [6.45, 7) is 6.27. The van der Waals surface area contributed by atoms with E-state index >= 15 is 0 Å². The number of halogens is 1. The molecule has 0 aromatic carbocycles. The Morgan fingerprint density at radius 3 is 2.45 bits per heavy atom. The maximum Gasteiger partial charge on any atom is 0.105 e. The lowest BCUT2D eigenvalue weighted by molar-refractivity contribution is 0.0691. The van der Waals surface area contributed by atoms with Gasteiger partial charge < -0.3 is 0 Å². The molecule has 0 aromatic rings. The molecule has 0 nitrogen and oxygen atoms in total. The summed E-state index contributed by atoms with van der Waals surface area (Å²) in [4.78, 5) is 0. The van der Waals surface area contributed by atoms with Gasteiger partial charge >= 0.3 is 0 Å². The summed E-state index contributed by atoms with van der Waals surface area (Å²) in [5.41, 5.74) is 0. The molecule has 66 valence electrons. The first-order chi connectivity index (χ1) is 5.16. The van der Waals surface area contributed by atoms with Crippen molar-refractivity contribution >= 4 is 0 Å². The van der Waals surface area contributed by atoms with Crippen LogP contribution in [0.2, 0.25) is 0 Å². The Morgan fingerprint density at radius 2 is 1.91 bits per heavy atom. The van der Waals surface area contributed by atoms with E-state index < -0.39 is 6.17 Å². The third kappa shape index (κ3) is 1.74. The quantitative estimate of drug-likeness (QED) is 0.548. The number of hydrogen-bond acceptors (Lipinski definition) is 0. The second-order valence-electron chi connectivity index (χ2n) is 4.03. The van der Waals surface area contributed by atoms with Crippen LogP contribution in [0.5, 0.6) is 0 Å². The Bertz CT molecular complexity index is 120. The van der Waals surface area contributed by atoms with E-state index in [2.05, 4.69) is 13.8 Å². The van der Waals surface area contributed by atoms with Crippen molar-refractivity contribution in [3.8, 4) is 0 Å². The highest BCUT2D eigenvalue weighted by Crippen LogP contribution is 2.37. The van der Waals surface area contributed by atoms with E-state index in [1.54, 1.807) is 0 Å². The van der Waals surface area contributed by atoms with E-state index in [4.69, 9.17) is 0 Å². The Hall–Kier alpha value is -0.0700. The van der Waals surface area contributed by atoms with Gasteiger partial charge in [0, 0.05) is 0 Å². The van der Waals surface area contributed by atoms with E-state index in [-0.39, 0.29) is 0 Å². The Morgan fingerprint density at radius 1 is 1.27 bits per heavy atom. The average molecular weight is 158 g/mol. The fraction of sp³-hybridized carbons (Fsp3) is 1.00. The first-order valence-corrected chi connectivity index (χ1v) is 4.80. The van der Waals surface area contributed by atoms with Gasteiger partial charge in [-0.25, -0.2) is 4.39 Å². The first-order valence-electron chi connectivity index (χ1n) is 4.80. The summed E-state index contributed by atoms with van der Waals surface area (Å²) < 4.78 is 13.4. The molecule has 11 heavy (non-hydrogen) atoms. The maximum atomic E-state index is 13.4. The normalized spacial score (nSPS) is 45.8. The molecule has 0 radical (unpaired) electrons. The molecule has 0 heterocycles. The van der Waals surface area contributed by atoms with Crippen molar-refractivity contribution < 1.29 is 4.39 Å². The number of rotatable bonds is 1. The van der Waals surface area contributed by atoms with Crippen molar-refractivity contribution in [3.05, 3.63) is 0 Å². The molecule has 1 saturated carbocycles. The van der Waals surface area contributed by atoms with Crippen LogP contribution in [0.1, 0.15) is 40.0 Å². The number of hydrogen-bond donors (Lipinski definition) is 0. The van der Waals surface area contributed by atoms with Crippen LogP contribution in [-0.2, 0) is 0 Å². The fourth-order valence-corrected chi connectivity index (χ4v) is 2.25. The second-order valence-corrected chi connectivity index (χ2v) is 4.03. The van der Waals surface area contributed by atoms with Gasteiger partial charge in [0.25, 0.3) is 0 Å². The zero-order valence-electron chi connectivity index (χ0n) is 7.81. The third-order valence-corrected chi connectivity index (χ3v) is 3.31. The topological polar surface area (TPSA) is 0 Å². The molecule has 0 bridgehead atoms. The van der Waals surface area contributed by atoms with E-state index in [0.717, 1.165) is 12.8 Å². The average Bonchev–Trinajstić information content (AvgIpc) is 2.01. The molecule has 1 aliphatic rings. The minimum atomic E-state index is -0.548. The Kier molecular flexibility index (Phi) is 2.91. The molecule has 0 amide bonds. The van der Waals surface area contributed by atoms with Crippen LogP contribution in [0.25, 0.3) is 0 Å². The van der Waals surface area contributed by atoms with Crippen LogP contribution in [0, 0.1) is 17.8 Å².